The van der Waals surface area contributed by atoms with Crippen molar-refractivity contribution in [3.63, 3.8) is 0 Å². The van der Waals surface area contributed by atoms with Gasteiger partial charge in [-0.3, -0.25) is 14.6 Å². The average Bonchev–Trinajstić information content (AvgIpc) is 2.69. The normalized spacial score (nSPS) is 10.2. The molecule has 2 N–H and O–H groups in total. The first-order valence-corrected chi connectivity index (χ1v) is 8.82. The number of rotatable bonds is 5. The highest BCUT2D eigenvalue weighted by atomic mass is 35.5. The lowest BCUT2D eigenvalue weighted by molar-refractivity contribution is 0.101. The Morgan fingerprint density at radius 1 is 0.964 bits per heavy atom. The molecule has 0 fully saturated rings. The maximum atomic E-state index is 12.7. The van der Waals surface area contributed by atoms with Crippen LogP contribution in [-0.2, 0) is 0 Å². The summed E-state index contributed by atoms with van der Waals surface area (Å²) < 4.78 is 5.11. The number of nitrogens with zero attached hydrogens (tertiary/aromatic N) is 1. The van der Waals surface area contributed by atoms with Crippen molar-refractivity contribution in [3.05, 3.63) is 82.6 Å². The highest BCUT2D eigenvalue weighted by Gasteiger charge is 2.13. The number of benzene rings is 2. The van der Waals surface area contributed by atoms with Crippen molar-refractivity contribution in [2.24, 2.45) is 0 Å². The number of amides is 2. The third-order valence-electron chi connectivity index (χ3n) is 4.03. The molecule has 0 aliphatic carbocycles. The number of halogens is 1. The molecule has 3 rings (SSSR count). The lowest BCUT2D eigenvalue weighted by Crippen LogP contribution is -2.16. The van der Waals surface area contributed by atoms with Gasteiger partial charge in [-0.25, -0.2) is 0 Å². The van der Waals surface area contributed by atoms with Crippen LogP contribution in [0.2, 0.25) is 5.02 Å². The lowest BCUT2D eigenvalue weighted by Gasteiger charge is -2.11. The largest absolute Gasteiger partial charge is 0.495 e. The van der Waals surface area contributed by atoms with Crippen LogP contribution in [0.15, 0.2) is 60.9 Å². The second kappa shape index (κ2) is 8.54. The maximum Gasteiger partial charge on any atom is 0.256 e. The third-order valence-corrected chi connectivity index (χ3v) is 4.27. The molecule has 0 saturated heterocycles. The molecule has 0 saturated carbocycles. The van der Waals surface area contributed by atoms with Crippen LogP contribution in [0, 0.1) is 6.92 Å². The van der Waals surface area contributed by atoms with Crippen molar-refractivity contribution in [1.82, 2.24) is 4.98 Å². The first-order chi connectivity index (χ1) is 13.5. The minimum Gasteiger partial charge on any atom is -0.495 e. The Morgan fingerprint density at radius 3 is 2.50 bits per heavy atom. The smallest absolute Gasteiger partial charge is 0.256 e. The van der Waals surface area contributed by atoms with E-state index in [1.165, 1.54) is 13.3 Å². The van der Waals surface area contributed by atoms with E-state index in [0.717, 1.165) is 5.56 Å². The fourth-order valence-electron chi connectivity index (χ4n) is 2.57. The van der Waals surface area contributed by atoms with Gasteiger partial charge in [0.15, 0.2) is 0 Å². The molecular weight excluding hydrogens is 378 g/mol. The molecule has 28 heavy (non-hydrogen) atoms. The van der Waals surface area contributed by atoms with Crippen LogP contribution < -0.4 is 15.4 Å². The van der Waals surface area contributed by atoms with Crippen LogP contribution in [0.3, 0.4) is 0 Å². The van der Waals surface area contributed by atoms with E-state index in [1.807, 2.05) is 6.92 Å². The summed E-state index contributed by atoms with van der Waals surface area (Å²) in [5.41, 5.74) is 2.66. The van der Waals surface area contributed by atoms with Gasteiger partial charge in [-0.15, -0.1) is 0 Å². The standard InChI is InChI=1S/C21H18ClN3O3/c1-13-6-7-16(24-20(26)14-4-3-5-15(22)8-14)10-19(13)21(27)25-17-9-18(28-2)12-23-11-17/h3-12H,1-2H3,(H,24,26)(H,25,27). The number of hydrogen-bond donors (Lipinski definition) is 2. The first kappa shape index (κ1) is 19.4. The highest BCUT2D eigenvalue weighted by molar-refractivity contribution is 6.31. The SMILES string of the molecule is COc1cncc(NC(=O)c2cc(NC(=O)c3cccc(Cl)c3)ccc2C)c1. The molecule has 0 spiro atoms. The predicted octanol–water partition coefficient (Wildman–Crippen LogP) is 4.56. The van der Waals surface area contributed by atoms with Crippen molar-refractivity contribution in [2.75, 3.05) is 17.7 Å². The van der Waals surface area contributed by atoms with Crippen LogP contribution in [0.1, 0.15) is 26.3 Å². The Kier molecular flexibility index (Phi) is 5.91. The van der Waals surface area contributed by atoms with Gasteiger partial charge >= 0.3 is 0 Å². The Balaban J connectivity index is 1.78. The molecule has 0 aliphatic rings. The van der Waals surface area contributed by atoms with Gasteiger partial charge in [0, 0.05) is 27.9 Å². The molecule has 1 aromatic heterocycles. The number of nitrogens with one attached hydrogen (secondary N) is 2. The minimum absolute atomic E-state index is 0.310. The number of aromatic nitrogens is 1. The number of ether oxygens (including phenoxy) is 1. The summed E-state index contributed by atoms with van der Waals surface area (Å²) in [5, 5.41) is 6.04. The predicted molar refractivity (Wildman–Crippen MR) is 109 cm³/mol. The minimum atomic E-state index is -0.314. The molecule has 2 aromatic carbocycles. The molecule has 142 valence electrons. The van der Waals surface area contributed by atoms with Crippen LogP contribution in [0.4, 0.5) is 11.4 Å². The molecule has 0 atom stereocenters. The Hall–Kier alpha value is -3.38. The molecule has 6 nitrogen and oxygen atoms in total. The maximum absolute atomic E-state index is 12.7. The Bertz CT molecular complexity index is 1040. The van der Waals surface area contributed by atoms with E-state index in [1.54, 1.807) is 54.7 Å². The monoisotopic (exact) mass is 395 g/mol. The van der Waals surface area contributed by atoms with Gasteiger partial charge in [0.2, 0.25) is 0 Å². The lowest BCUT2D eigenvalue weighted by atomic mass is 10.1. The summed E-state index contributed by atoms with van der Waals surface area (Å²) in [6.45, 7) is 1.82. The quantitative estimate of drug-likeness (QED) is 0.663. The fraction of sp³-hybridized carbons (Fsp3) is 0.0952. The number of aryl methyl sites for hydroxylation is 1. The Morgan fingerprint density at radius 2 is 1.75 bits per heavy atom. The van der Waals surface area contributed by atoms with E-state index in [0.29, 0.717) is 33.3 Å². The van der Waals surface area contributed by atoms with Gasteiger partial charge in [0.25, 0.3) is 11.8 Å². The van der Waals surface area contributed by atoms with E-state index in [-0.39, 0.29) is 11.8 Å². The fourth-order valence-corrected chi connectivity index (χ4v) is 2.76. The van der Waals surface area contributed by atoms with Gasteiger partial charge in [-0.1, -0.05) is 23.7 Å². The van der Waals surface area contributed by atoms with Gasteiger partial charge in [0.1, 0.15) is 5.75 Å². The van der Waals surface area contributed by atoms with E-state index >= 15 is 0 Å². The molecule has 7 heteroatoms. The van der Waals surface area contributed by atoms with E-state index < -0.39 is 0 Å². The summed E-state index contributed by atoms with van der Waals surface area (Å²) in [7, 11) is 1.53. The zero-order valence-corrected chi connectivity index (χ0v) is 16.1. The number of anilines is 2. The number of pyridine rings is 1. The van der Waals surface area contributed by atoms with Crippen LogP contribution in [0.5, 0.6) is 5.75 Å². The molecule has 0 unspecified atom stereocenters. The summed E-state index contributed by atoms with van der Waals surface area (Å²) in [6, 6.07) is 13.4. The molecular formula is C21H18ClN3O3. The van der Waals surface area contributed by atoms with Gasteiger partial charge in [-0.2, -0.15) is 0 Å². The van der Waals surface area contributed by atoms with Gasteiger partial charge in [-0.05, 0) is 42.8 Å². The van der Waals surface area contributed by atoms with Gasteiger partial charge in [0.05, 0.1) is 25.2 Å². The van der Waals surface area contributed by atoms with E-state index in [9.17, 15) is 9.59 Å². The number of hydrogen-bond acceptors (Lipinski definition) is 4. The summed E-state index contributed by atoms with van der Waals surface area (Å²) >= 11 is 5.93. The van der Waals surface area contributed by atoms with Crippen LogP contribution in [-0.4, -0.2) is 23.9 Å². The van der Waals surface area contributed by atoms with Crippen molar-refractivity contribution < 1.29 is 14.3 Å². The highest BCUT2D eigenvalue weighted by Crippen LogP contribution is 2.20. The van der Waals surface area contributed by atoms with Crippen molar-refractivity contribution in [1.29, 1.82) is 0 Å². The summed E-state index contributed by atoms with van der Waals surface area (Å²) in [6.07, 6.45) is 3.08. The van der Waals surface area contributed by atoms with Crippen LogP contribution in [0.25, 0.3) is 0 Å². The number of carbonyl (C=O) groups is 2. The summed E-state index contributed by atoms with van der Waals surface area (Å²) in [4.78, 5) is 29.1. The molecule has 0 radical (unpaired) electrons. The molecule has 0 bridgehead atoms. The molecule has 2 amide bonds. The topological polar surface area (TPSA) is 80.3 Å². The second-order valence-electron chi connectivity index (χ2n) is 6.06. The zero-order chi connectivity index (χ0) is 20.1. The van der Waals surface area contributed by atoms with Crippen LogP contribution >= 0.6 is 11.6 Å². The Labute approximate surface area is 167 Å². The molecule has 0 aliphatic heterocycles. The van der Waals surface area contributed by atoms with Crippen molar-refractivity contribution in [2.45, 2.75) is 6.92 Å². The second-order valence-corrected chi connectivity index (χ2v) is 6.50. The van der Waals surface area contributed by atoms with E-state index in [4.69, 9.17) is 16.3 Å². The number of methoxy groups -OCH3 is 1. The van der Waals surface area contributed by atoms with Crippen molar-refractivity contribution in [3.8, 4) is 5.75 Å². The van der Waals surface area contributed by atoms with E-state index in [2.05, 4.69) is 15.6 Å². The van der Waals surface area contributed by atoms with Crippen molar-refractivity contribution >= 4 is 34.8 Å². The zero-order valence-electron chi connectivity index (χ0n) is 15.3. The summed E-state index contributed by atoms with van der Waals surface area (Å²) in [5.74, 6) is -0.0850. The number of carbonyl (C=O) groups excluding carboxylic acids is 2. The third kappa shape index (κ3) is 4.66. The van der Waals surface area contributed by atoms with Gasteiger partial charge < -0.3 is 15.4 Å². The molecule has 3 aromatic rings. The average molecular weight is 396 g/mol. The molecule has 1 heterocycles. The first-order valence-electron chi connectivity index (χ1n) is 8.44.